The second-order valence-corrected chi connectivity index (χ2v) is 3.81. The van der Waals surface area contributed by atoms with Crippen molar-refractivity contribution in [2.45, 2.75) is 40.5 Å². The highest BCUT2D eigenvalue weighted by Crippen LogP contribution is 2.08. The Morgan fingerprint density at radius 2 is 1.92 bits per heavy atom. The monoisotopic (exact) mass is 180 g/mol. The molecule has 0 saturated carbocycles. The fraction of sp³-hybridized carbons (Fsp3) is 0.583. The number of rotatable bonds is 5. The van der Waals surface area contributed by atoms with Gasteiger partial charge in [0.25, 0.3) is 0 Å². The van der Waals surface area contributed by atoms with Crippen molar-refractivity contribution in [2.75, 3.05) is 0 Å². The Balaban J connectivity index is 3.69. The molecule has 1 nitrogen and oxygen atoms in total. The predicted molar refractivity (Wildman–Crippen MR) is 57.7 cm³/mol. The summed E-state index contributed by atoms with van der Waals surface area (Å²) in [5.41, 5.74) is 1.36. The van der Waals surface area contributed by atoms with Crippen molar-refractivity contribution < 1.29 is 4.79 Å². The van der Waals surface area contributed by atoms with Crippen LogP contribution in [0.4, 0.5) is 0 Å². The maximum Gasteiger partial charge on any atom is 0.152 e. The van der Waals surface area contributed by atoms with Crippen LogP contribution >= 0.6 is 0 Å². The second kappa shape index (κ2) is 6.64. The van der Waals surface area contributed by atoms with Gasteiger partial charge in [-0.3, -0.25) is 4.79 Å². The highest BCUT2D eigenvalue weighted by molar-refractivity contribution is 5.87. The molecule has 74 valence electrons. The van der Waals surface area contributed by atoms with E-state index in [1.165, 1.54) is 5.57 Å². The molecule has 13 heavy (non-hydrogen) atoms. The van der Waals surface area contributed by atoms with Crippen LogP contribution in [-0.2, 0) is 4.79 Å². The molecule has 0 amide bonds. The summed E-state index contributed by atoms with van der Waals surface area (Å²) in [7, 11) is 0. The smallest absolute Gasteiger partial charge is 0.152 e. The first-order valence-corrected chi connectivity index (χ1v) is 4.84. The summed E-state index contributed by atoms with van der Waals surface area (Å²) in [6.07, 6.45) is 8.10. The maximum absolute atomic E-state index is 10.6. The van der Waals surface area contributed by atoms with E-state index in [2.05, 4.69) is 26.8 Å². The molecule has 1 atom stereocenters. The van der Waals surface area contributed by atoms with Crippen molar-refractivity contribution in [2.24, 2.45) is 5.92 Å². The van der Waals surface area contributed by atoms with Crippen LogP contribution in [0.3, 0.4) is 0 Å². The lowest BCUT2D eigenvalue weighted by atomic mass is 10.0. The zero-order chi connectivity index (χ0) is 10.3. The average molecular weight is 180 g/mol. The highest BCUT2D eigenvalue weighted by atomic mass is 16.1. The van der Waals surface area contributed by atoms with E-state index < -0.39 is 0 Å². The van der Waals surface area contributed by atoms with Crippen molar-refractivity contribution in [1.29, 1.82) is 0 Å². The van der Waals surface area contributed by atoms with Gasteiger partial charge in [0.1, 0.15) is 0 Å². The van der Waals surface area contributed by atoms with Crippen molar-refractivity contribution in [1.82, 2.24) is 0 Å². The number of carbonyl (C=O) groups excluding carboxylic acids is 1. The van der Waals surface area contributed by atoms with E-state index in [1.807, 2.05) is 6.08 Å². The molecular formula is C12H20O. The summed E-state index contributed by atoms with van der Waals surface area (Å²) in [5, 5.41) is 0. The highest BCUT2D eigenvalue weighted by Gasteiger charge is 1.95. The molecule has 0 rings (SSSR count). The minimum atomic E-state index is 0.133. The van der Waals surface area contributed by atoms with Gasteiger partial charge in [-0.15, -0.1) is 0 Å². The molecule has 0 aromatic carbocycles. The lowest BCUT2D eigenvalue weighted by molar-refractivity contribution is -0.112. The summed E-state index contributed by atoms with van der Waals surface area (Å²) in [6.45, 7) is 7.93. The Morgan fingerprint density at radius 3 is 2.38 bits per heavy atom. The summed E-state index contributed by atoms with van der Waals surface area (Å²) >= 11 is 0. The molecule has 0 aromatic heterocycles. The average Bonchev–Trinajstić information content (AvgIpc) is 2.00. The SMILES string of the molecule is CC(=O)/C=C/C(C)CCC=C(C)C. The number of hydrogen-bond donors (Lipinski definition) is 0. The molecule has 0 aliphatic heterocycles. The van der Waals surface area contributed by atoms with Gasteiger partial charge in [-0.2, -0.15) is 0 Å². The van der Waals surface area contributed by atoms with Gasteiger partial charge in [-0.25, -0.2) is 0 Å². The number of hydrogen-bond acceptors (Lipinski definition) is 1. The minimum Gasteiger partial charge on any atom is -0.295 e. The summed E-state index contributed by atoms with van der Waals surface area (Å²) in [6, 6.07) is 0. The van der Waals surface area contributed by atoms with Crippen LogP contribution in [0.25, 0.3) is 0 Å². The van der Waals surface area contributed by atoms with Gasteiger partial charge in [0.05, 0.1) is 0 Å². The number of allylic oxidation sites excluding steroid dienone is 4. The standard InChI is InChI=1S/C12H20O/c1-10(2)6-5-7-11(3)8-9-12(4)13/h6,8-9,11H,5,7H2,1-4H3/b9-8+. The molecule has 0 saturated heterocycles. The van der Waals surface area contributed by atoms with Gasteiger partial charge in [0, 0.05) is 0 Å². The van der Waals surface area contributed by atoms with E-state index in [0.717, 1.165) is 12.8 Å². The van der Waals surface area contributed by atoms with Crippen LogP contribution < -0.4 is 0 Å². The maximum atomic E-state index is 10.6. The Hall–Kier alpha value is -0.850. The molecule has 0 N–H and O–H groups in total. The van der Waals surface area contributed by atoms with Gasteiger partial charge in [0.2, 0.25) is 0 Å². The molecule has 0 aliphatic carbocycles. The molecule has 1 heteroatoms. The Kier molecular flexibility index (Phi) is 6.21. The fourth-order valence-electron chi connectivity index (χ4n) is 1.03. The van der Waals surface area contributed by atoms with E-state index in [-0.39, 0.29) is 5.78 Å². The lowest BCUT2D eigenvalue weighted by Crippen LogP contribution is -1.90. The van der Waals surface area contributed by atoms with Crippen molar-refractivity contribution in [3.05, 3.63) is 23.8 Å². The summed E-state index contributed by atoms with van der Waals surface area (Å²) in [5.74, 6) is 0.633. The number of carbonyl (C=O) groups is 1. The normalized spacial score (nSPS) is 12.9. The molecule has 1 unspecified atom stereocenters. The topological polar surface area (TPSA) is 17.1 Å². The van der Waals surface area contributed by atoms with Crippen LogP contribution in [0.5, 0.6) is 0 Å². The zero-order valence-electron chi connectivity index (χ0n) is 9.13. The number of ketones is 1. The summed E-state index contributed by atoms with van der Waals surface area (Å²) in [4.78, 5) is 10.6. The third-order valence-electron chi connectivity index (χ3n) is 1.83. The molecular weight excluding hydrogens is 160 g/mol. The molecule has 0 aromatic rings. The first kappa shape index (κ1) is 12.2. The molecule has 0 heterocycles. The first-order chi connectivity index (χ1) is 6.02. The molecule has 0 radical (unpaired) electrons. The van der Waals surface area contributed by atoms with E-state index >= 15 is 0 Å². The quantitative estimate of drug-likeness (QED) is 0.467. The first-order valence-electron chi connectivity index (χ1n) is 4.84. The van der Waals surface area contributed by atoms with Crippen molar-refractivity contribution in [3.8, 4) is 0 Å². The van der Waals surface area contributed by atoms with Crippen LogP contribution in [-0.4, -0.2) is 5.78 Å². The molecule has 0 fully saturated rings. The van der Waals surface area contributed by atoms with Gasteiger partial charge < -0.3 is 0 Å². The van der Waals surface area contributed by atoms with Gasteiger partial charge >= 0.3 is 0 Å². The minimum absolute atomic E-state index is 0.133. The Bertz CT molecular complexity index is 207. The van der Waals surface area contributed by atoms with Crippen molar-refractivity contribution >= 4 is 5.78 Å². The molecule has 0 aliphatic rings. The van der Waals surface area contributed by atoms with E-state index in [4.69, 9.17) is 0 Å². The lowest BCUT2D eigenvalue weighted by Gasteiger charge is -2.02. The van der Waals surface area contributed by atoms with Crippen LogP contribution in [0.1, 0.15) is 40.5 Å². The van der Waals surface area contributed by atoms with E-state index in [1.54, 1.807) is 13.0 Å². The Labute approximate surface area is 81.5 Å². The van der Waals surface area contributed by atoms with E-state index in [0.29, 0.717) is 5.92 Å². The fourth-order valence-corrected chi connectivity index (χ4v) is 1.03. The van der Waals surface area contributed by atoms with Gasteiger partial charge in [-0.05, 0) is 45.6 Å². The largest absolute Gasteiger partial charge is 0.295 e. The zero-order valence-corrected chi connectivity index (χ0v) is 9.13. The third kappa shape index (κ3) is 9.06. The van der Waals surface area contributed by atoms with Crippen LogP contribution in [0.2, 0.25) is 0 Å². The van der Waals surface area contributed by atoms with Gasteiger partial charge in [-0.1, -0.05) is 24.6 Å². The van der Waals surface area contributed by atoms with Crippen LogP contribution in [0, 0.1) is 5.92 Å². The second-order valence-electron chi connectivity index (χ2n) is 3.81. The van der Waals surface area contributed by atoms with Gasteiger partial charge in [0.15, 0.2) is 5.78 Å². The molecule has 0 spiro atoms. The molecule has 0 bridgehead atoms. The van der Waals surface area contributed by atoms with Crippen LogP contribution in [0.15, 0.2) is 23.8 Å². The summed E-state index contributed by atoms with van der Waals surface area (Å²) < 4.78 is 0. The predicted octanol–water partition coefficient (Wildman–Crippen LogP) is 3.51. The van der Waals surface area contributed by atoms with Crippen molar-refractivity contribution in [3.63, 3.8) is 0 Å². The third-order valence-corrected chi connectivity index (χ3v) is 1.83. The Morgan fingerprint density at radius 1 is 1.31 bits per heavy atom. The van der Waals surface area contributed by atoms with E-state index in [9.17, 15) is 4.79 Å².